The molecule has 0 unspecified atom stereocenters. The van der Waals surface area contributed by atoms with Crippen molar-refractivity contribution in [3.8, 4) is 11.4 Å². The molecule has 4 heteroatoms. The number of thiol groups is 1. The van der Waals surface area contributed by atoms with Gasteiger partial charge >= 0.3 is 0 Å². The highest BCUT2D eigenvalue weighted by atomic mass is 32.1. The third-order valence-electron chi connectivity index (χ3n) is 2.15. The lowest BCUT2D eigenvalue weighted by molar-refractivity contribution is 0.412. The SMILES string of the molecule is COc1cc(S)ccc1-n1cnc(C)c1. The van der Waals surface area contributed by atoms with Gasteiger partial charge in [0.15, 0.2) is 0 Å². The Balaban J connectivity index is 2.52. The minimum atomic E-state index is 0.792. The minimum Gasteiger partial charge on any atom is -0.495 e. The molecule has 0 spiro atoms. The van der Waals surface area contributed by atoms with Crippen LogP contribution in [0, 0.1) is 6.92 Å². The molecule has 0 aliphatic rings. The van der Waals surface area contributed by atoms with E-state index >= 15 is 0 Å². The maximum Gasteiger partial charge on any atom is 0.143 e. The molecule has 0 fully saturated rings. The van der Waals surface area contributed by atoms with Gasteiger partial charge in [-0.3, -0.25) is 0 Å². The lowest BCUT2D eigenvalue weighted by Crippen LogP contribution is -1.95. The predicted octanol–water partition coefficient (Wildman–Crippen LogP) is 2.48. The average molecular weight is 220 g/mol. The highest BCUT2D eigenvalue weighted by Crippen LogP contribution is 2.25. The van der Waals surface area contributed by atoms with Crippen LogP contribution in [0.3, 0.4) is 0 Å². The molecule has 2 aromatic rings. The normalized spacial score (nSPS) is 10.3. The molecule has 15 heavy (non-hydrogen) atoms. The standard InChI is InChI=1S/C11H12N2OS/c1-8-6-13(7-12-8)10-4-3-9(15)5-11(10)14-2/h3-7,15H,1-2H3. The van der Waals surface area contributed by atoms with Crippen LogP contribution in [0.1, 0.15) is 5.69 Å². The van der Waals surface area contributed by atoms with Crippen molar-refractivity contribution >= 4 is 12.6 Å². The Morgan fingerprint density at radius 3 is 2.80 bits per heavy atom. The molecule has 1 heterocycles. The summed E-state index contributed by atoms with van der Waals surface area (Å²) in [6, 6.07) is 5.77. The molecular weight excluding hydrogens is 208 g/mol. The van der Waals surface area contributed by atoms with E-state index in [-0.39, 0.29) is 0 Å². The zero-order valence-corrected chi connectivity index (χ0v) is 9.53. The molecular formula is C11H12N2OS. The molecule has 0 N–H and O–H groups in total. The molecule has 1 aromatic carbocycles. The molecule has 1 aromatic heterocycles. The van der Waals surface area contributed by atoms with Gasteiger partial charge in [0.25, 0.3) is 0 Å². The number of rotatable bonds is 2. The third-order valence-corrected chi connectivity index (χ3v) is 2.43. The van der Waals surface area contributed by atoms with Crippen LogP contribution in [-0.4, -0.2) is 16.7 Å². The summed E-state index contributed by atoms with van der Waals surface area (Å²) >= 11 is 4.27. The number of hydrogen-bond donors (Lipinski definition) is 1. The van der Waals surface area contributed by atoms with Gasteiger partial charge in [-0.15, -0.1) is 12.6 Å². The van der Waals surface area contributed by atoms with Crippen LogP contribution in [0.2, 0.25) is 0 Å². The van der Waals surface area contributed by atoms with Crippen LogP contribution >= 0.6 is 12.6 Å². The Morgan fingerprint density at radius 2 is 2.20 bits per heavy atom. The lowest BCUT2D eigenvalue weighted by Gasteiger charge is -2.09. The maximum atomic E-state index is 5.29. The number of aromatic nitrogens is 2. The van der Waals surface area contributed by atoms with Gasteiger partial charge in [0.05, 0.1) is 24.8 Å². The van der Waals surface area contributed by atoms with Gasteiger partial charge in [0.2, 0.25) is 0 Å². The fourth-order valence-corrected chi connectivity index (χ4v) is 1.62. The van der Waals surface area contributed by atoms with E-state index < -0.39 is 0 Å². The van der Waals surface area contributed by atoms with E-state index in [1.807, 2.05) is 35.9 Å². The molecule has 0 aliphatic heterocycles. The van der Waals surface area contributed by atoms with Crippen LogP contribution in [0.4, 0.5) is 0 Å². The fraction of sp³-hybridized carbons (Fsp3) is 0.182. The number of imidazole rings is 1. The molecule has 0 saturated carbocycles. The van der Waals surface area contributed by atoms with Crippen molar-refractivity contribution in [2.45, 2.75) is 11.8 Å². The Labute approximate surface area is 94.1 Å². The zero-order valence-electron chi connectivity index (χ0n) is 8.64. The lowest BCUT2D eigenvalue weighted by atomic mass is 10.3. The first-order valence-electron chi connectivity index (χ1n) is 4.58. The molecule has 0 saturated heterocycles. The van der Waals surface area contributed by atoms with E-state index in [0.29, 0.717) is 0 Å². The van der Waals surface area contributed by atoms with E-state index in [0.717, 1.165) is 22.0 Å². The van der Waals surface area contributed by atoms with Gasteiger partial charge in [-0.05, 0) is 25.1 Å². The summed E-state index contributed by atoms with van der Waals surface area (Å²) in [6.45, 7) is 1.95. The van der Waals surface area contributed by atoms with E-state index in [1.54, 1.807) is 13.4 Å². The third kappa shape index (κ3) is 1.99. The maximum absolute atomic E-state index is 5.29. The summed E-state index contributed by atoms with van der Waals surface area (Å²) in [5.74, 6) is 0.792. The fourth-order valence-electron chi connectivity index (χ4n) is 1.43. The molecule has 0 bridgehead atoms. The van der Waals surface area contributed by atoms with Crippen LogP contribution in [-0.2, 0) is 0 Å². The predicted molar refractivity (Wildman–Crippen MR) is 62.1 cm³/mol. The van der Waals surface area contributed by atoms with Crippen molar-refractivity contribution in [3.05, 3.63) is 36.4 Å². The number of aryl methyl sites for hydroxylation is 1. The van der Waals surface area contributed by atoms with Gasteiger partial charge in [-0.2, -0.15) is 0 Å². The van der Waals surface area contributed by atoms with E-state index in [9.17, 15) is 0 Å². The van der Waals surface area contributed by atoms with Crippen molar-refractivity contribution in [1.29, 1.82) is 0 Å². The van der Waals surface area contributed by atoms with Gasteiger partial charge in [0, 0.05) is 11.1 Å². The van der Waals surface area contributed by atoms with Crippen LogP contribution in [0.5, 0.6) is 5.75 Å². The van der Waals surface area contributed by atoms with E-state index in [2.05, 4.69) is 17.6 Å². The molecule has 78 valence electrons. The highest BCUT2D eigenvalue weighted by Gasteiger charge is 2.05. The Hall–Kier alpha value is -1.42. The van der Waals surface area contributed by atoms with Crippen LogP contribution in [0.25, 0.3) is 5.69 Å². The number of methoxy groups -OCH3 is 1. The summed E-state index contributed by atoms with van der Waals surface area (Å²) in [4.78, 5) is 5.06. The first kappa shape index (κ1) is 10.1. The second kappa shape index (κ2) is 3.98. The molecule has 0 aliphatic carbocycles. The quantitative estimate of drug-likeness (QED) is 0.787. The van der Waals surface area contributed by atoms with Crippen molar-refractivity contribution in [2.75, 3.05) is 7.11 Å². The van der Waals surface area contributed by atoms with Crippen molar-refractivity contribution < 1.29 is 4.74 Å². The molecule has 2 rings (SSSR count). The van der Waals surface area contributed by atoms with Crippen molar-refractivity contribution in [2.24, 2.45) is 0 Å². The molecule has 0 amide bonds. The number of hydrogen-bond acceptors (Lipinski definition) is 3. The summed E-state index contributed by atoms with van der Waals surface area (Å²) in [7, 11) is 1.65. The van der Waals surface area contributed by atoms with E-state index in [1.165, 1.54) is 0 Å². The molecule has 3 nitrogen and oxygen atoms in total. The second-order valence-electron chi connectivity index (χ2n) is 3.28. The monoisotopic (exact) mass is 220 g/mol. The minimum absolute atomic E-state index is 0.792. The van der Waals surface area contributed by atoms with Crippen molar-refractivity contribution in [1.82, 2.24) is 9.55 Å². The number of benzene rings is 1. The van der Waals surface area contributed by atoms with Crippen molar-refractivity contribution in [3.63, 3.8) is 0 Å². The summed E-state index contributed by atoms with van der Waals surface area (Å²) in [5.41, 5.74) is 1.95. The smallest absolute Gasteiger partial charge is 0.143 e. The van der Waals surface area contributed by atoms with Gasteiger partial charge < -0.3 is 9.30 Å². The highest BCUT2D eigenvalue weighted by molar-refractivity contribution is 7.80. The molecule has 0 radical (unpaired) electrons. The molecule has 0 atom stereocenters. The first-order valence-corrected chi connectivity index (χ1v) is 5.03. The summed E-state index contributed by atoms with van der Waals surface area (Å²) < 4.78 is 7.22. The Kier molecular flexibility index (Phi) is 2.68. The van der Waals surface area contributed by atoms with E-state index in [4.69, 9.17) is 4.74 Å². The first-order chi connectivity index (χ1) is 7.20. The zero-order chi connectivity index (χ0) is 10.8. The van der Waals surface area contributed by atoms with Crippen LogP contribution in [0.15, 0.2) is 35.6 Å². The Bertz CT molecular complexity index is 479. The summed E-state index contributed by atoms with van der Waals surface area (Å²) in [5, 5.41) is 0. The largest absolute Gasteiger partial charge is 0.495 e. The van der Waals surface area contributed by atoms with Gasteiger partial charge in [-0.25, -0.2) is 4.98 Å². The summed E-state index contributed by atoms with van der Waals surface area (Å²) in [6.07, 6.45) is 3.72. The second-order valence-corrected chi connectivity index (χ2v) is 3.79. The van der Waals surface area contributed by atoms with Gasteiger partial charge in [-0.1, -0.05) is 0 Å². The topological polar surface area (TPSA) is 27.1 Å². The number of nitrogens with zero attached hydrogens (tertiary/aromatic N) is 2. The Morgan fingerprint density at radius 1 is 1.40 bits per heavy atom. The number of ether oxygens (including phenoxy) is 1. The van der Waals surface area contributed by atoms with Gasteiger partial charge in [0.1, 0.15) is 5.75 Å². The van der Waals surface area contributed by atoms with Crippen LogP contribution < -0.4 is 4.74 Å². The average Bonchev–Trinajstić information content (AvgIpc) is 2.64.